The van der Waals surface area contributed by atoms with Crippen molar-refractivity contribution in [3.05, 3.63) is 24.0 Å². The van der Waals surface area contributed by atoms with E-state index in [1.807, 2.05) is 16.3 Å². The predicted molar refractivity (Wildman–Crippen MR) is 94.0 cm³/mol. The Labute approximate surface area is 148 Å². The Morgan fingerprint density at radius 2 is 2.24 bits per heavy atom. The molecule has 4 heterocycles. The third-order valence-corrected chi connectivity index (χ3v) is 5.28. The Morgan fingerprint density at radius 1 is 1.36 bits per heavy atom. The van der Waals surface area contributed by atoms with Crippen LogP contribution in [-0.2, 0) is 0 Å². The molecule has 25 heavy (non-hydrogen) atoms. The molecule has 2 aliphatic rings. The number of amides is 4. The Hall–Kier alpha value is -2.62. The second-order valence-electron chi connectivity index (χ2n) is 6.19. The van der Waals surface area contributed by atoms with Gasteiger partial charge < -0.3 is 9.80 Å². The minimum absolute atomic E-state index is 0.00424. The maximum absolute atomic E-state index is 12.3. The highest BCUT2D eigenvalue weighted by Gasteiger charge is 2.31. The van der Waals surface area contributed by atoms with Crippen molar-refractivity contribution >= 4 is 34.2 Å². The van der Waals surface area contributed by atoms with Gasteiger partial charge in [-0.1, -0.05) is 0 Å². The summed E-state index contributed by atoms with van der Waals surface area (Å²) >= 11 is 1.40. The minimum Gasteiger partial charge on any atom is -0.326 e. The van der Waals surface area contributed by atoms with Gasteiger partial charge in [0.15, 0.2) is 5.13 Å². The Morgan fingerprint density at radius 3 is 2.96 bits per heavy atom. The molecule has 2 saturated heterocycles. The number of nitrogens with zero attached hydrogens (tertiary/aromatic N) is 6. The maximum Gasteiger partial charge on any atom is 0.324 e. The Bertz CT molecular complexity index is 775. The third-order valence-electron chi connectivity index (χ3n) is 4.59. The number of carbonyl (C=O) groups excluding carboxylic acids is 2. The van der Waals surface area contributed by atoms with Crippen LogP contribution in [0.5, 0.6) is 0 Å². The predicted octanol–water partition coefficient (Wildman–Crippen LogP) is 1.69. The Balaban J connectivity index is 1.39. The number of nitrogens with one attached hydrogen (secondary N) is 1. The molecule has 0 aliphatic carbocycles. The van der Waals surface area contributed by atoms with E-state index in [0.717, 1.165) is 18.7 Å². The number of hydrogen-bond acceptors (Lipinski definition) is 5. The summed E-state index contributed by atoms with van der Waals surface area (Å²) in [5.74, 6) is 0. The first-order valence-corrected chi connectivity index (χ1v) is 9.02. The highest BCUT2D eigenvalue weighted by Crippen LogP contribution is 2.25. The van der Waals surface area contributed by atoms with Crippen LogP contribution in [0.15, 0.2) is 24.0 Å². The van der Waals surface area contributed by atoms with Crippen LogP contribution in [0.1, 0.15) is 12.5 Å². The van der Waals surface area contributed by atoms with Crippen molar-refractivity contribution < 1.29 is 9.59 Å². The van der Waals surface area contributed by atoms with Gasteiger partial charge in [0.2, 0.25) is 0 Å². The van der Waals surface area contributed by atoms with Crippen molar-refractivity contribution in [2.75, 3.05) is 43.4 Å². The molecule has 0 aromatic carbocycles. The van der Waals surface area contributed by atoms with Gasteiger partial charge >= 0.3 is 12.1 Å². The minimum atomic E-state index is -0.138. The summed E-state index contributed by atoms with van der Waals surface area (Å²) in [4.78, 5) is 33.6. The highest BCUT2D eigenvalue weighted by atomic mass is 32.1. The smallest absolute Gasteiger partial charge is 0.324 e. The SMILES string of the molecule is CN1CCN(c2cnn(C3CCN(C(=O)Nc4nccs4)C3)c2)C1=O. The van der Waals surface area contributed by atoms with E-state index in [4.69, 9.17) is 0 Å². The summed E-state index contributed by atoms with van der Waals surface area (Å²) < 4.78 is 1.86. The lowest BCUT2D eigenvalue weighted by molar-refractivity contribution is 0.220. The first-order valence-electron chi connectivity index (χ1n) is 8.14. The van der Waals surface area contributed by atoms with E-state index in [-0.39, 0.29) is 18.1 Å². The first-order chi connectivity index (χ1) is 12.1. The van der Waals surface area contributed by atoms with Gasteiger partial charge in [-0.3, -0.25) is 14.9 Å². The average Bonchev–Trinajstić information content (AvgIpc) is 3.35. The molecule has 0 spiro atoms. The monoisotopic (exact) mass is 361 g/mol. The van der Waals surface area contributed by atoms with Crippen molar-refractivity contribution in [3.8, 4) is 0 Å². The molecule has 0 bridgehead atoms. The molecule has 2 aromatic heterocycles. The van der Waals surface area contributed by atoms with E-state index in [1.165, 1.54) is 11.3 Å². The second kappa shape index (κ2) is 6.36. The number of aromatic nitrogens is 3. The fourth-order valence-corrected chi connectivity index (χ4v) is 3.67. The topological polar surface area (TPSA) is 86.6 Å². The van der Waals surface area contributed by atoms with Crippen LogP contribution in [-0.4, -0.2) is 69.9 Å². The normalized spacial score (nSPS) is 20.6. The fourth-order valence-electron chi connectivity index (χ4n) is 3.15. The maximum atomic E-state index is 12.3. The first kappa shape index (κ1) is 15.9. The molecular formula is C15H19N7O2S. The van der Waals surface area contributed by atoms with E-state index >= 15 is 0 Å². The number of likely N-dealkylation sites (tertiary alicyclic amines) is 1. The molecule has 9 nitrogen and oxygen atoms in total. The lowest BCUT2D eigenvalue weighted by atomic mass is 10.3. The molecular weight excluding hydrogens is 342 g/mol. The summed E-state index contributed by atoms with van der Waals surface area (Å²) in [6, 6.07) is -0.0252. The van der Waals surface area contributed by atoms with Crippen LogP contribution in [0.25, 0.3) is 0 Å². The molecule has 10 heteroatoms. The quantitative estimate of drug-likeness (QED) is 0.901. The molecule has 2 aromatic rings. The summed E-state index contributed by atoms with van der Waals surface area (Å²) in [5.41, 5.74) is 0.806. The average molecular weight is 361 g/mol. The van der Waals surface area contributed by atoms with Gasteiger partial charge in [-0.05, 0) is 6.42 Å². The van der Waals surface area contributed by atoms with Crippen molar-refractivity contribution in [2.24, 2.45) is 0 Å². The molecule has 4 rings (SSSR count). The number of urea groups is 2. The van der Waals surface area contributed by atoms with Crippen molar-refractivity contribution in [3.63, 3.8) is 0 Å². The zero-order chi connectivity index (χ0) is 17.4. The van der Waals surface area contributed by atoms with E-state index in [0.29, 0.717) is 24.8 Å². The zero-order valence-electron chi connectivity index (χ0n) is 13.8. The zero-order valence-corrected chi connectivity index (χ0v) is 14.6. The molecule has 0 radical (unpaired) electrons. The lowest BCUT2D eigenvalue weighted by Crippen LogP contribution is -2.33. The summed E-state index contributed by atoms with van der Waals surface area (Å²) in [6.45, 7) is 2.65. The van der Waals surface area contributed by atoms with E-state index in [1.54, 1.807) is 34.1 Å². The van der Waals surface area contributed by atoms with Gasteiger partial charge in [-0.25, -0.2) is 14.6 Å². The number of rotatable bonds is 3. The molecule has 0 saturated carbocycles. The van der Waals surface area contributed by atoms with Gasteiger partial charge in [0, 0.05) is 51.0 Å². The summed E-state index contributed by atoms with van der Waals surface area (Å²) in [5, 5.41) is 9.64. The largest absolute Gasteiger partial charge is 0.326 e. The number of carbonyl (C=O) groups is 2. The summed E-state index contributed by atoms with van der Waals surface area (Å²) in [6.07, 6.45) is 6.11. The van der Waals surface area contributed by atoms with Crippen LogP contribution >= 0.6 is 11.3 Å². The van der Waals surface area contributed by atoms with Crippen LogP contribution in [0.2, 0.25) is 0 Å². The fraction of sp³-hybridized carbons (Fsp3) is 0.467. The molecule has 1 atom stereocenters. The highest BCUT2D eigenvalue weighted by molar-refractivity contribution is 7.13. The van der Waals surface area contributed by atoms with Crippen LogP contribution < -0.4 is 10.2 Å². The van der Waals surface area contributed by atoms with Crippen LogP contribution in [0.3, 0.4) is 0 Å². The van der Waals surface area contributed by atoms with Gasteiger partial charge in [0.25, 0.3) is 0 Å². The van der Waals surface area contributed by atoms with Crippen molar-refractivity contribution in [1.29, 1.82) is 0 Å². The summed E-state index contributed by atoms with van der Waals surface area (Å²) in [7, 11) is 1.79. The van der Waals surface area contributed by atoms with Gasteiger partial charge in [-0.15, -0.1) is 11.3 Å². The number of hydrogen-bond donors (Lipinski definition) is 1. The molecule has 2 fully saturated rings. The van der Waals surface area contributed by atoms with E-state index < -0.39 is 0 Å². The third kappa shape index (κ3) is 3.04. The van der Waals surface area contributed by atoms with Crippen molar-refractivity contribution in [1.82, 2.24) is 24.6 Å². The molecule has 4 amide bonds. The molecule has 1 unspecified atom stereocenters. The van der Waals surface area contributed by atoms with Gasteiger partial charge in [0.1, 0.15) is 0 Å². The standard InChI is InChI=1S/C15H19N7O2S/c1-19-5-6-21(15(19)24)12-8-17-22(10-12)11-2-4-20(9-11)14(23)18-13-16-3-7-25-13/h3,7-8,10-11H,2,4-6,9H2,1H3,(H,16,18,23). The number of thiazole rings is 1. The second-order valence-corrected chi connectivity index (χ2v) is 7.08. The van der Waals surface area contributed by atoms with E-state index in [2.05, 4.69) is 15.4 Å². The number of likely N-dealkylation sites (N-methyl/N-ethyl adjacent to an activating group) is 1. The molecule has 132 valence electrons. The van der Waals surface area contributed by atoms with Crippen LogP contribution in [0.4, 0.5) is 20.4 Å². The molecule has 2 aliphatic heterocycles. The Kier molecular flexibility index (Phi) is 4.04. The lowest BCUT2D eigenvalue weighted by Gasteiger charge is -2.16. The number of anilines is 2. The van der Waals surface area contributed by atoms with Crippen LogP contribution in [0, 0.1) is 0 Å². The van der Waals surface area contributed by atoms with Gasteiger partial charge in [0.05, 0.1) is 17.9 Å². The van der Waals surface area contributed by atoms with Crippen molar-refractivity contribution in [2.45, 2.75) is 12.5 Å². The van der Waals surface area contributed by atoms with Gasteiger partial charge in [-0.2, -0.15) is 5.10 Å². The molecule has 1 N–H and O–H groups in total. The van der Waals surface area contributed by atoms with E-state index in [9.17, 15) is 9.59 Å².